The van der Waals surface area contributed by atoms with Gasteiger partial charge in [-0.25, -0.2) is 4.39 Å². The minimum Gasteiger partial charge on any atom is -0.507 e. The highest BCUT2D eigenvalue weighted by atomic mass is 19.1. The molecule has 1 aromatic rings. The molecule has 0 spiro atoms. The van der Waals surface area contributed by atoms with E-state index < -0.39 is 11.7 Å². The van der Waals surface area contributed by atoms with Gasteiger partial charge in [-0.1, -0.05) is 13.0 Å². The van der Waals surface area contributed by atoms with Crippen LogP contribution in [0.3, 0.4) is 0 Å². The molecule has 0 saturated carbocycles. The smallest absolute Gasteiger partial charge is 0.260 e. The van der Waals surface area contributed by atoms with E-state index in [1.807, 2.05) is 0 Å². The van der Waals surface area contributed by atoms with Crippen LogP contribution in [0.15, 0.2) is 18.2 Å². The lowest BCUT2D eigenvalue weighted by Crippen LogP contribution is -2.48. The van der Waals surface area contributed by atoms with E-state index in [4.69, 9.17) is 0 Å². The lowest BCUT2D eigenvalue weighted by molar-refractivity contribution is 0.0630. The molecule has 0 radical (unpaired) electrons. The lowest BCUT2D eigenvalue weighted by atomic mass is 10.1. The number of carbonyl (C=O) groups excluding carboxylic acids is 1. The zero-order valence-corrected chi connectivity index (χ0v) is 11.1. The summed E-state index contributed by atoms with van der Waals surface area (Å²) in [5, 5.41) is 9.63. The molecule has 4 nitrogen and oxygen atoms in total. The summed E-state index contributed by atoms with van der Waals surface area (Å²) in [6.07, 6.45) is 1.09. The Balaban J connectivity index is 2.05. The highest BCUT2D eigenvalue weighted by Gasteiger charge is 2.25. The molecule has 104 valence electrons. The van der Waals surface area contributed by atoms with Crippen molar-refractivity contribution in [3.63, 3.8) is 0 Å². The standard InChI is InChI=1S/C14H19FN2O2/c1-2-6-16-7-9-17(10-8-16)14(19)13-11(15)4-3-5-12(13)18/h3-5,18H,2,6-10H2,1H3. The Labute approximate surface area is 112 Å². The van der Waals surface area contributed by atoms with Gasteiger partial charge in [0.05, 0.1) is 0 Å². The van der Waals surface area contributed by atoms with Crippen LogP contribution in [0.1, 0.15) is 23.7 Å². The minimum absolute atomic E-state index is 0.216. The van der Waals surface area contributed by atoms with Crippen LogP contribution in [-0.2, 0) is 0 Å². The Bertz CT molecular complexity index is 437. The van der Waals surface area contributed by atoms with Crippen LogP contribution < -0.4 is 0 Å². The largest absolute Gasteiger partial charge is 0.507 e. The summed E-state index contributed by atoms with van der Waals surface area (Å²) in [7, 11) is 0. The third kappa shape index (κ3) is 3.04. The third-order valence-corrected chi connectivity index (χ3v) is 3.40. The summed E-state index contributed by atoms with van der Waals surface area (Å²) in [6, 6.07) is 3.92. The number of rotatable bonds is 3. The molecule has 0 unspecified atom stereocenters. The van der Waals surface area contributed by atoms with Crippen LogP contribution in [-0.4, -0.2) is 53.5 Å². The molecule has 1 fully saturated rings. The van der Waals surface area contributed by atoms with Crippen molar-refractivity contribution in [2.24, 2.45) is 0 Å². The number of carbonyl (C=O) groups is 1. The molecule has 19 heavy (non-hydrogen) atoms. The van der Waals surface area contributed by atoms with E-state index in [1.165, 1.54) is 18.2 Å². The van der Waals surface area contributed by atoms with E-state index in [9.17, 15) is 14.3 Å². The van der Waals surface area contributed by atoms with Crippen molar-refractivity contribution in [3.05, 3.63) is 29.6 Å². The second kappa shape index (κ2) is 6.02. The molecule has 1 aromatic carbocycles. The SMILES string of the molecule is CCCN1CCN(C(=O)c2c(O)cccc2F)CC1. The Morgan fingerprint density at radius 1 is 1.32 bits per heavy atom. The van der Waals surface area contributed by atoms with Gasteiger partial charge < -0.3 is 10.0 Å². The number of amides is 1. The Hall–Kier alpha value is -1.62. The maximum absolute atomic E-state index is 13.6. The topological polar surface area (TPSA) is 43.8 Å². The van der Waals surface area contributed by atoms with Gasteiger partial charge in [0.2, 0.25) is 0 Å². The Morgan fingerprint density at radius 2 is 2.00 bits per heavy atom. The summed E-state index contributed by atoms with van der Waals surface area (Å²) in [4.78, 5) is 16.1. The molecule has 1 saturated heterocycles. The van der Waals surface area contributed by atoms with E-state index in [1.54, 1.807) is 4.90 Å². The molecule has 0 aromatic heterocycles. The summed E-state index contributed by atoms with van der Waals surface area (Å²) in [6.45, 7) is 5.89. The van der Waals surface area contributed by atoms with Gasteiger partial charge in [0.1, 0.15) is 17.1 Å². The van der Waals surface area contributed by atoms with Crippen LogP contribution in [0, 0.1) is 5.82 Å². The van der Waals surface area contributed by atoms with Gasteiger partial charge in [0.25, 0.3) is 5.91 Å². The van der Waals surface area contributed by atoms with Gasteiger partial charge in [-0.05, 0) is 25.1 Å². The molecule has 0 atom stereocenters. The van der Waals surface area contributed by atoms with Crippen molar-refractivity contribution in [1.29, 1.82) is 0 Å². The fraction of sp³-hybridized carbons (Fsp3) is 0.500. The molecular weight excluding hydrogens is 247 g/mol. The fourth-order valence-electron chi connectivity index (χ4n) is 2.37. The first kappa shape index (κ1) is 13.8. The molecule has 0 aliphatic carbocycles. The van der Waals surface area contributed by atoms with Crippen LogP contribution >= 0.6 is 0 Å². The number of halogens is 1. The van der Waals surface area contributed by atoms with Gasteiger partial charge in [0.15, 0.2) is 0 Å². The first-order valence-electron chi connectivity index (χ1n) is 6.62. The van der Waals surface area contributed by atoms with Crippen LogP contribution in [0.2, 0.25) is 0 Å². The molecule has 1 amide bonds. The van der Waals surface area contributed by atoms with Crippen molar-refractivity contribution in [1.82, 2.24) is 9.80 Å². The number of phenols is 1. The average Bonchev–Trinajstić information content (AvgIpc) is 2.39. The second-order valence-corrected chi connectivity index (χ2v) is 4.77. The summed E-state index contributed by atoms with van der Waals surface area (Å²) in [5.74, 6) is -1.38. The number of nitrogens with zero attached hydrogens (tertiary/aromatic N) is 2. The van der Waals surface area contributed by atoms with Crippen LogP contribution in [0.5, 0.6) is 5.75 Å². The summed E-state index contributed by atoms with van der Waals surface area (Å²) in [5.41, 5.74) is -0.216. The highest BCUT2D eigenvalue weighted by Crippen LogP contribution is 2.22. The zero-order valence-electron chi connectivity index (χ0n) is 11.1. The van der Waals surface area contributed by atoms with Gasteiger partial charge in [-0.2, -0.15) is 0 Å². The van der Waals surface area contributed by atoms with Crippen LogP contribution in [0.25, 0.3) is 0 Å². The molecule has 1 heterocycles. The van der Waals surface area contributed by atoms with Gasteiger partial charge in [-0.3, -0.25) is 9.69 Å². The molecule has 1 aliphatic heterocycles. The predicted molar refractivity (Wildman–Crippen MR) is 70.7 cm³/mol. The van der Waals surface area contributed by atoms with E-state index in [2.05, 4.69) is 11.8 Å². The number of hydrogen-bond acceptors (Lipinski definition) is 3. The Morgan fingerprint density at radius 3 is 2.58 bits per heavy atom. The van der Waals surface area contributed by atoms with Crippen LogP contribution in [0.4, 0.5) is 4.39 Å². The van der Waals surface area contributed by atoms with Crippen molar-refractivity contribution in [2.45, 2.75) is 13.3 Å². The second-order valence-electron chi connectivity index (χ2n) is 4.77. The first-order valence-corrected chi connectivity index (χ1v) is 6.62. The Kier molecular flexibility index (Phi) is 4.37. The summed E-state index contributed by atoms with van der Waals surface area (Å²) >= 11 is 0. The molecule has 1 N–H and O–H groups in total. The maximum atomic E-state index is 13.6. The minimum atomic E-state index is -0.666. The third-order valence-electron chi connectivity index (χ3n) is 3.40. The van der Waals surface area contributed by atoms with Gasteiger partial charge >= 0.3 is 0 Å². The maximum Gasteiger partial charge on any atom is 0.260 e. The molecule has 2 rings (SSSR count). The normalized spacial score (nSPS) is 16.6. The van der Waals surface area contributed by atoms with E-state index in [0.717, 1.165) is 26.1 Å². The van der Waals surface area contributed by atoms with Gasteiger partial charge in [0, 0.05) is 26.2 Å². The number of aromatic hydroxyl groups is 1. The van der Waals surface area contributed by atoms with Crippen molar-refractivity contribution < 1.29 is 14.3 Å². The van der Waals surface area contributed by atoms with E-state index >= 15 is 0 Å². The number of benzene rings is 1. The van der Waals surface area contributed by atoms with Crippen molar-refractivity contribution >= 4 is 5.91 Å². The summed E-state index contributed by atoms with van der Waals surface area (Å²) < 4.78 is 13.6. The molecule has 1 aliphatic rings. The molecule has 5 heteroatoms. The van der Waals surface area contributed by atoms with Gasteiger partial charge in [-0.15, -0.1) is 0 Å². The number of phenolic OH excluding ortho intramolecular Hbond substituents is 1. The molecule has 0 bridgehead atoms. The van der Waals surface area contributed by atoms with E-state index in [-0.39, 0.29) is 11.3 Å². The van der Waals surface area contributed by atoms with Crippen molar-refractivity contribution in [3.8, 4) is 5.75 Å². The monoisotopic (exact) mass is 266 g/mol. The number of hydrogen-bond donors (Lipinski definition) is 1. The zero-order chi connectivity index (χ0) is 13.8. The fourth-order valence-corrected chi connectivity index (χ4v) is 2.37. The molecular formula is C14H19FN2O2. The highest BCUT2D eigenvalue weighted by molar-refractivity contribution is 5.97. The van der Waals surface area contributed by atoms with E-state index in [0.29, 0.717) is 13.1 Å². The quantitative estimate of drug-likeness (QED) is 0.905. The lowest BCUT2D eigenvalue weighted by Gasteiger charge is -2.34. The predicted octanol–water partition coefficient (Wildman–Crippen LogP) is 1.70. The number of piperazine rings is 1. The average molecular weight is 266 g/mol. The first-order chi connectivity index (χ1) is 9.13. The van der Waals surface area contributed by atoms with Crippen molar-refractivity contribution in [2.75, 3.05) is 32.7 Å².